The summed E-state index contributed by atoms with van der Waals surface area (Å²) in [6.07, 6.45) is 8.79. The van der Waals surface area contributed by atoms with Crippen LogP contribution in [-0.4, -0.2) is 24.8 Å². The van der Waals surface area contributed by atoms with Crippen LogP contribution in [0.5, 0.6) is 0 Å². The van der Waals surface area contributed by atoms with Gasteiger partial charge in [-0.3, -0.25) is 0 Å². The first-order chi connectivity index (χ1) is 9.10. The van der Waals surface area contributed by atoms with E-state index in [4.69, 9.17) is 4.74 Å². The van der Waals surface area contributed by atoms with Crippen molar-refractivity contribution in [3.8, 4) is 0 Å². The van der Waals surface area contributed by atoms with Crippen molar-refractivity contribution in [3.05, 3.63) is 0 Å². The molecule has 1 N–H and O–H groups in total. The topological polar surface area (TPSA) is 21.3 Å². The fourth-order valence-corrected chi connectivity index (χ4v) is 3.39. The van der Waals surface area contributed by atoms with Gasteiger partial charge in [0, 0.05) is 12.6 Å². The van der Waals surface area contributed by atoms with Crippen LogP contribution in [0.25, 0.3) is 0 Å². The Bertz CT molecular complexity index is 262. The molecule has 2 saturated carbocycles. The lowest BCUT2D eigenvalue weighted by Crippen LogP contribution is -2.40. The third-order valence-electron chi connectivity index (χ3n) is 5.00. The van der Waals surface area contributed by atoms with Crippen LogP contribution >= 0.6 is 0 Å². The summed E-state index contributed by atoms with van der Waals surface area (Å²) in [6, 6.07) is 0.795. The maximum atomic E-state index is 6.50. The summed E-state index contributed by atoms with van der Waals surface area (Å²) in [5.41, 5.74) is 0. The fraction of sp³-hybridized carbons (Fsp3) is 1.00. The van der Waals surface area contributed by atoms with Crippen LogP contribution in [0.4, 0.5) is 0 Å². The van der Waals surface area contributed by atoms with E-state index in [1.165, 1.54) is 32.1 Å². The van der Waals surface area contributed by atoms with Crippen LogP contribution in [0.3, 0.4) is 0 Å². The van der Waals surface area contributed by atoms with Gasteiger partial charge < -0.3 is 10.1 Å². The second kappa shape index (κ2) is 7.08. The number of hydrogen-bond acceptors (Lipinski definition) is 2. The van der Waals surface area contributed by atoms with Crippen LogP contribution in [0.2, 0.25) is 0 Å². The first-order valence-corrected chi connectivity index (χ1v) is 8.49. The van der Waals surface area contributed by atoms with Crippen molar-refractivity contribution < 1.29 is 4.74 Å². The molecule has 2 aliphatic carbocycles. The van der Waals surface area contributed by atoms with Gasteiger partial charge in [0.05, 0.1) is 12.2 Å². The van der Waals surface area contributed by atoms with Crippen LogP contribution < -0.4 is 5.32 Å². The second-order valence-electron chi connectivity index (χ2n) is 7.21. The summed E-state index contributed by atoms with van der Waals surface area (Å²) in [5, 5.41) is 3.63. The van der Waals surface area contributed by atoms with E-state index in [0.29, 0.717) is 12.2 Å². The predicted octanol–water partition coefficient (Wildman–Crippen LogP) is 3.99. The maximum absolute atomic E-state index is 6.50. The summed E-state index contributed by atoms with van der Waals surface area (Å²) in [7, 11) is 0. The summed E-state index contributed by atoms with van der Waals surface area (Å²) < 4.78 is 6.50. The van der Waals surface area contributed by atoms with Gasteiger partial charge in [0.15, 0.2) is 0 Å². The molecule has 2 aliphatic rings. The van der Waals surface area contributed by atoms with Gasteiger partial charge in [-0.1, -0.05) is 34.1 Å². The minimum atomic E-state index is 0.414. The van der Waals surface area contributed by atoms with Crippen molar-refractivity contribution in [1.29, 1.82) is 0 Å². The van der Waals surface area contributed by atoms with Gasteiger partial charge >= 0.3 is 0 Å². The molecule has 0 amide bonds. The minimum absolute atomic E-state index is 0.414. The quantitative estimate of drug-likeness (QED) is 0.753. The standard InChI is InChI=1S/C17H33NO/c1-5-15(11-18-14-7-8-14)19-17-10-13(4)6-9-16(17)12(2)3/h12-18H,5-11H2,1-4H3. The normalized spacial score (nSPS) is 33.6. The van der Waals surface area contributed by atoms with Gasteiger partial charge in [-0.2, -0.15) is 0 Å². The molecule has 0 heterocycles. The SMILES string of the molecule is CCC(CNC1CC1)OC1CC(C)CCC1C(C)C. The molecular weight excluding hydrogens is 234 g/mol. The van der Waals surface area contributed by atoms with E-state index >= 15 is 0 Å². The molecule has 19 heavy (non-hydrogen) atoms. The fourth-order valence-electron chi connectivity index (χ4n) is 3.39. The molecule has 0 radical (unpaired) electrons. The monoisotopic (exact) mass is 267 g/mol. The van der Waals surface area contributed by atoms with Crippen molar-refractivity contribution >= 4 is 0 Å². The van der Waals surface area contributed by atoms with E-state index in [1.54, 1.807) is 0 Å². The third kappa shape index (κ3) is 4.75. The molecular formula is C17H33NO. The molecule has 2 rings (SSSR count). The van der Waals surface area contributed by atoms with E-state index in [0.717, 1.165) is 36.8 Å². The zero-order valence-electron chi connectivity index (χ0n) is 13.3. The molecule has 4 unspecified atom stereocenters. The molecule has 0 spiro atoms. The summed E-state index contributed by atoms with van der Waals surface area (Å²) in [4.78, 5) is 0. The zero-order valence-corrected chi connectivity index (χ0v) is 13.3. The Morgan fingerprint density at radius 3 is 2.47 bits per heavy atom. The molecule has 0 aromatic heterocycles. The van der Waals surface area contributed by atoms with Crippen LogP contribution in [0, 0.1) is 17.8 Å². The Balaban J connectivity index is 1.84. The number of nitrogens with one attached hydrogen (secondary N) is 1. The average Bonchev–Trinajstić information content (AvgIpc) is 3.18. The molecule has 0 aromatic carbocycles. The Kier molecular flexibility index (Phi) is 5.70. The summed E-state index contributed by atoms with van der Waals surface area (Å²) in [5.74, 6) is 2.37. The van der Waals surface area contributed by atoms with Gasteiger partial charge in [0.25, 0.3) is 0 Å². The van der Waals surface area contributed by atoms with Gasteiger partial charge in [-0.25, -0.2) is 0 Å². The highest BCUT2D eigenvalue weighted by Gasteiger charge is 2.33. The van der Waals surface area contributed by atoms with Crippen molar-refractivity contribution in [1.82, 2.24) is 5.32 Å². The van der Waals surface area contributed by atoms with Crippen LogP contribution in [0.15, 0.2) is 0 Å². The highest BCUT2D eigenvalue weighted by molar-refractivity contribution is 4.84. The lowest BCUT2D eigenvalue weighted by Gasteiger charge is -2.39. The molecule has 2 fully saturated rings. The molecule has 2 nitrogen and oxygen atoms in total. The molecule has 2 heteroatoms. The van der Waals surface area contributed by atoms with Gasteiger partial charge in [-0.05, 0) is 49.9 Å². The lowest BCUT2D eigenvalue weighted by molar-refractivity contribution is -0.0801. The van der Waals surface area contributed by atoms with E-state index in [-0.39, 0.29) is 0 Å². The average molecular weight is 267 g/mol. The van der Waals surface area contributed by atoms with Crippen molar-refractivity contribution in [2.75, 3.05) is 6.54 Å². The maximum Gasteiger partial charge on any atom is 0.0700 e. The second-order valence-corrected chi connectivity index (χ2v) is 7.21. The van der Waals surface area contributed by atoms with Crippen LogP contribution in [0.1, 0.15) is 66.2 Å². The molecule has 0 bridgehead atoms. The first kappa shape index (κ1) is 15.3. The van der Waals surface area contributed by atoms with Gasteiger partial charge in [-0.15, -0.1) is 0 Å². The van der Waals surface area contributed by atoms with Crippen molar-refractivity contribution in [2.45, 2.75) is 84.5 Å². The van der Waals surface area contributed by atoms with E-state index in [9.17, 15) is 0 Å². The molecule has 4 atom stereocenters. The molecule has 0 aromatic rings. The van der Waals surface area contributed by atoms with Crippen LogP contribution in [-0.2, 0) is 4.74 Å². The Labute approximate surface area is 119 Å². The first-order valence-electron chi connectivity index (χ1n) is 8.49. The smallest absolute Gasteiger partial charge is 0.0700 e. The third-order valence-corrected chi connectivity index (χ3v) is 5.00. The Hall–Kier alpha value is -0.0800. The zero-order chi connectivity index (χ0) is 13.8. The lowest BCUT2D eigenvalue weighted by atomic mass is 9.75. The number of hydrogen-bond donors (Lipinski definition) is 1. The summed E-state index contributed by atoms with van der Waals surface area (Å²) >= 11 is 0. The van der Waals surface area contributed by atoms with E-state index in [2.05, 4.69) is 33.0 Å². The highest BCUT2D eigenvalue weighted by Crippen LogP contribution is 2.36. The minimum Gasteiger partial charge on any atom is -0.373 e. The van der Waals surface area contributed by atoms with E-state index in [1.807, 2.05) is 0 Å². The highest BCUT2D eigenvalue weighted by atomic mass is 16.5. The molecule has 0 saturated heterocycles. The molecule has 112 valence electrons. The molecule has 0 aliphatic heterocycles. The van der Waals surface area contributed by atoms with Gasteiger partial charge in [0.2, 0.25) is 0 Å². The predicted molar refractivity (Wildman–Crippen MR) is 81.3 cm³/mol. The van der Waals surface area contributed by atoms with Crippen molar-refractivity contribution in [3.63, 3.8) is 0 Å². The van der Waals surface area contributed by atoms with E-state index < -0.39 is 0 Å². The number of ether oxygens (including phenoxy) is 1. The number of rotatable bonds is 7. The Morgan fingerprint density at radius 1 is 1.16 bits per heavy atom. The van der Waals surface area contributed by atoms with Crippen molar-refractivity contribution in [2.24, 2.45) is 17.8 Å². The Morgan fingerprint density at radius 2 is 1.89 bits per heavy atom. The summed E-state index contributed by atoms with van der Waals surface area (Å²) in [6.45, 7) is 10.4. The largest absolute Gasteiger partial charge is 0.373 e. The van der Waals surface area contributed by atoms with Gasteiger partial charge in [0.1, 0.15) is 0 Å².